The van der Waals surface area contributed by atoms with E-state index in [1.54, 1.807) is 19.1 Å². The minimum absolute atomic E-state index is 0.166. The van der Waals surface area contributed by atoms with Gasteiger partial charge in [0.1, 0.15) is 5.75 Å². The molecule has 0 spiro atoms. The average molecular weight is 439 g/mol. The lowest BCUT2D eigenvalue weighted by Crippen LogP contribution is -2.33. The molecule has 6 nitrogen and oxygen atoms in total. The Kier molecular flexibility index (Phi) is 7.44. The summed E-state index contributed by atoms with van der Waals surface area (Å²) in [5.74, 6) is 0.168. The van der Waals surface area contributed by atoms with Gasteiger partial charge in [-0.2, -0.15) is 4.31 Å². The van der Waals surface area contributed by atoms with E-state index >= 15 is 0 Å². The molecule has 0 aliphatic heterocycles. The van der Waals surface area contributed by atoms with E-state index in [1.165, 1.54) is 23.5 Å². The van der Waals surface area contributed by atoms with Crippen molar-refractivity contribution in [2.45, 2.75) is 31.0 Å². The number of benzene rings is 3. The van der Waals surface area contributed by atoms with Crippen LogP contribution in [0, 0.1) is 0 Å². The summed E-state index contributed by atoms with van der Waals surface area (Å²) in [4.78, 5) is 11.8. The van der Waals surface area contributed by atoms with E-state index in [2.05, 4.69) is 5.32 Å². The normalized spacial score (nSPS) is 12.4. The van der Waals surface area contributed by atoms with Gasteiger partial charge in [0.15, 0.2) is 6.10 Å². The molecule has 0 saturated carbocycles. The lowest BCUT2D eigenvalue weighted by Gasteiger charge is -2.23. The zero-order chi connectivity index (χ0) is 22.3. The summed E-state index contributed by atoms with van der Waals surface area (Å²) < 4.78 is 33.9. The third-order valence-corrected chi connectivity index (χ3v) is 6.60. The van der Waals surface area contributed by atoms with Crippen LogP contribution in [-0.4, -0.2) is 31.8 Å². The van der Waals surface area contributed by atoms with E-state index in [1.807, 2.05) is 60.7 Å². The van der Waals surface area contributed by atoms with E-state index in [9.17, 15) is 13.2 Å². The SMILES string of the molecule is CNC(=O)[C@H](C)Oc1ccc(S(=O)(=O)N(Cc2ccccc2)Cc2ccccc2)cc1. The molecule has 162 valence electrons. The second-order valence-corrected chi connectivity index (χ2v) is 9.03. The molecule has 31 heavy (non-hydrogen) atoms. The van der Waals surface area contributed by atoms with Gasteiger partial charge in [-0.3, -0.25) is 4.79 Å². The molecule has 0 aliphatic carbocycles. The number of hydrogen-bond donors (Lipinski definition) is 1. The van der Waals surface area contributed by atoms with Gasteiger partial charge in [-0.05, 0) is 42.3 Å². The average Bonchev–Trinajstić information content (AvgIpc) is 2.79. The quantitative estimate of drug-likeness (QED) is 0.554. The molecule has 0 heterocycles. The van der Waals surface area contributed by atoms with Crippen molar-refractivity contribution in [2.75, 3.05) is 7.05 Å². The van der Waals surface area contributed by atoms with Crippen LogP contribution in [0.3, 0.4) is 0 Å². The predicted molar refractivity (Wildman–Crippen MR) is 120 cm³/mol. The summed E-state index contributed by atoms with van der Waals surface area (Å²) in [6.07, 6.45) is -0.680. The topological polar surface area (TPSA) is 75.7 Å². The molecule has 0 radical (unpaired) electrons. The first-order valence-electron chi connectivity index (χ1n) is 9.96. The molecule has 1 N–H and O–H groups in total. The Morgan fingerprint density at radius 2 is 1.35 bits per heavy atom. The van der Waals surface area contributed by atoms with Gasteiger partial charge in [-0.25, -0.2) is 8.42 Å². The third kappa shape index (κ3) is 5.93. The fourth-order valence-electron chi connectivity index (χ4n) is 3.10. The number of sulfonamides is 1. The van der Waals surface area contributed by atoms with Crippen molar-refractivity contribution < 1.29 is 17.9 Å². The maximum absolute atomic E-state index is 13.5. The van der Waals surface area contributed by atoms with Crippen molar-refractivity contribution >= 4 is 15.9 Å². The van der Waals surface area contributed by atoms with Crippen LogP contribution < -0.4 is 10.1 Å². The van der Waals surface area contributed by atoms with Crippen LogP contribution in [0.4, 0.5) is 0 Å². The fourth-order valence-corrected chi connectivity index (χ4v) is 4.52. The van der Waals surface area contributed by atoms with Gasteiger partial charge in [0.05, 0.1) is 4.90 Å². The lowest BCUT2D eigenvalue weighted by molar-refractivity contribution is -0.126. The van der Waals surface area contributed by atoms with Crippen molar-refractivity contribution in [1.29, 1.82) is 0 Å². The van der Waals surface area contributed by atoms with E-state index < -0.39 is 16.1 Å². The van der Waals surface area contributed by atoms with Crippen molar-refractivity contribution in [1.82, 2.24) is 9.62 Å². The molecule has 0 aromatic heterocycles. The summed E-state index contributed by atoms with van der Waals surface area (Å²) in [5, 5.41) is 2.52. The number of carbonyl (C=O) groups is 1. The maximum Gasteiger partial charge on any atom is 0.260 e. The Morgan fingerprint density at radius 3 is 1.81 bits per heavy atom. The minimum atomic E-state index is -3.77. The Labute approximate surface area is 183 Å². The van der Waals surface area contributed by atoms with Crippen LogP contribution in [0.5, 0.6) is 5.75 Å². The van der Waals surface area contributed by atoms with Crippen LogP contribution in [-0.2, 0) is 27.9 Å². The number of hydrogen-bond acceptors (Lipinski definition) is 4. The highest BCUT2D eigenvalue weighted by molar-refractivity contribution is 7.89. The highest BCUT2D eigenvalue weighted by atomic mass is 32.2. The molecule has 7 heteroatoms. The minimum Gasteiger partial charge on any atom is -0.481 e. The molecule has 0 aliphatic rings. The number of amides is 1. The summed E-state index contributed by atoms with van der Waals surface area (Å²) in [6.45, 7) is 2.14. The van der Waals surface area contributed by atoms with Gasteiger partial charge in [-0.15, -0.1) is 0 Å². The predicted octanol–water partition coefficient (Wildman–Crippen LogP) is 3.59. The molecule has 1 atom stereocenters. The van der Waals surface area contributed by atoms with E-state index in [-0.39, 0.29) is 23.9 Å². The molecule has 1 amide bonds. The number of ether oxygens (including phenoxy) is 1. The Morgan fingerprint density at radius 1 is 0.871 bits per heavy atom. The Bertz CT molecular complexity index is 1040. The molecule has 3 aromatic carbocycles. The van der Waals surface area contributed by atoms with E-state index in [0.29, 0.717) is 5.75 Å². The summed E-state index contributed by atoms with van der Waals surface area (Å²) in [5.41, 5.74) is 1.81. The molecule has 0 unspecified atom stereocenters. The summed E-state index contributed by atoms with van der Waals surface area (Å²) in [6, 6.07) is 25.1. The molecule has 0 fully saturated rings. The smallest absolute Gasteiger partial charge is 0.260 e. The number of likely N-dealkylation sites (N-methyl/N-ethyl adjacent to an activating group) is 1. The van der Waals surface area contributed by atoms with Gasteiger partial charge in [0, 0.05) is 20.1 Å². The highest BCUT2D eigenvalue weighted by Gasteiger charge is 2.25. The zero-order valence-corrected chi connectivity index (χ0v) is 18.4. The van der Waals surface area contributed by atoms with Crippen molar-refractivity contribution in [3.63, 3.8) is 0 Å². The maximum atomic E-state index is 13.5. The van der Waals surface area contributed by atoms with Crippen LogP contribution in [0.2, 0.25) is 0 Å². The molecule has 3 rings (SSSR count). The molecule has 0 bridgehead atoms. The number of nitrogens with zero attached hydrogens (tertiary/aromatic N) is 1. The highest BCUT2D eigenvalue weighted by Crippen LogP contribution is 2.24. The van der Waals surface area contributed by atoms with Gasteiger partial charge >= 0.3 is 0 Å². The first-order chi connectivity index (χ1) is 14.9. The standard InChI is InChI=1S/C24H26N2O4S/c1-19(24(27)25-2)30-22-13-15-23(16-14-22)31(28,29)26(17-20-9-5-3-6-10-20)18-21-11-7-4-8-12-21/h3-16,19H,17-18H2,1-2H3,(H,25,27)/t19-/m0/s1. The van der Waals surface area contributed by atoms with E-state index in [0.717, 1.165) is 11.1 Å². The number of carbonyl (C=O) groups excluding carboxylic acids is 1. The Balaban J connectivity index is 1.85. The largest absolute Gasteiger partial charge is 0.481 e. The Hall–Kier alpha value is -3.16. The van der Waals surface area contributed by atoms with E-state index in [4.69, 9.17) is 4.74 Å². The van der Waals surface area contributed by atoms with Crippen LogP contribution >= 0.6 is 0 Å². The summed E-state index contributed by atoms with van der Waals surface area (Å²) in [7, 11) is -2.23. The van der Waals surface area contributed by atoms with Crippen molar-refractivity contribution in [3.8, 4) is 5.75 Å². The molecular formula is C24H26N2O4S. The second-order valence-electron chi connectivity index (χ2n) is 7.09. The van der Waals surface area contributed by atoms with Gasteiger partial charge in [0.25, 0.3) is 5.91 Å². The lowest BCUT2D eigenvalue weighted by atomic mass is 10.2. The molecule has 3 aromatic rings. The van der Waals surface area contributed by atoms with Crippen molar-refractivity contribution in [3.05, 3.63) is 96.1 Å². The number of nitrogens with one attached hydrogen (secondary N) is 1. The first-order valence-corrected chi connectivity index (χ1v) is 11.4. The molecule has 0 saturated heterocycles. The molecular weight excluding hydrogens is 412 g/mol. The fraction of sp³-hybridized carbons (Fsp3) is 0.208. The number of rotatable bonds is 9. The first kappa shape index (κ1) is 22.5. The van der Waals surface area contributed by atoms with Crippen LogP contribution in [0.25, 0.3) is 0 Å². The van der Waals surface area contributed by atoms with Crippen LogP contribution in [0.15, 0.2) is 89.8 Å². The van der Waals surface area contributed by atoms with Gasteiger partial charge in [-0.1, -0.05) is 60.7 Å². The van der Waals surface area contributed by atoms with Gasteiger partial charge in [0.2, 0.25) is 10.0 Å². The van der Waals surface area contributed by atoms with Gasteiger partial charge < -0.3 is 10.1 Å². The van der Waals surface area contributed by atoms with Crippen molar-refractivity contribution in [2.24, 2.45) is 0 Å². The monoisotopic (exact) mass is 438 g/mol. The summed E-state index contributed by atoms with van der Waals surface area (Å²) >= 11 is 0. The third-order valence-electron chi connectivity index (χ3n) is 4.79. The van der Waals surface area contributed by atoms with Crippen LogP contribution in [0.1, 0.15) is 18.1 Å². The zero-order valence-electron chi connectivity index (χ0n) is 17.6. The second kappa shape index (κ2) is 10.2.